The molecule has 0 radical (unpaired) electrons. The molecule has 0 amide bonds. The Morgan fingerprint density at radius 1 is 0.941 bits per heavy atom. The first-order valence-electron chi connectivity index (χ1n) is 10.3. The number of hydrogen-bond acceptors (Lipinski definition) is 3. The third kappa shape index (κ3) is 6.81. The lowest BCUT2D eigenvalue weighted by atomic mass is 10.1. The minimum absolute atomic E-state index is 0. The molecule has 0 N–H and O–H groups in total. The summed E-state index contributed by atoms with van der Waals surface area (Å²) in [6, 6.07) is 21.7. The van der Waals surface area contributed by atoms with Crippen molar-refractivity contribution in [1.82, 2.24) is 0 Å². The molecule has 34 heavy (non-hydrogen) atoms. The van der Waals surface area contributed by atoms with Crippen LogP contribution in [0.2, 0.25) is 0 Å². The van der Waals surface area contributed by atoms with Crippen molar-refractivity contribution in [3.8, 4) is 0 Å². The second kappa shape index (κ2) is 12.3. The van der Waals surface area contributed by atoms with Gasteiger partial charge in [-0.15, -0.1) is 36.6 Å². The first kappa shape index (κ1) is 27.8. The fourth-order valence-corrected chi connectivity index (χ4v) is 4.59. The van der Waals surface area contributed by atoms with Gasteiger partial charge in [-0.2, -0.15) is 13.2 Å². The zero-order valence-corrected chi connectivity index (χ0v) is 20.9. The van der Waals surface area contributed by atoms with Crippen LogP contribution >= 0.6 is 36.6 Å². The standard InChI is InChI=1S/C26H23F3N2S.2ClH/c1-31-16-15-30-23(22-10-3-4-11-24(22)31)14-13-20-8-2-5-12-25(20)32-18-19-7-6-9-21(17-19)26(27,28)29;;/h2-14,17H,15-16,18H2,1H3;2*1H. The molecule has 0 atom stereocenters. The topological polar surface area (TPSA) is 15.6 Å². The van der Waals surface area contributed by atoms with E-state index in [-0.39, 0.29) is 24.8 Å². The quantitative estimate of drug-likeness (QED) is 0.316. The second-order valence-electron chi connectivity index (χ2n) is 7.56. The average molecular weight is 525 g/mol. The number of thioether (sulfide) groups is 1. The molecular weight excluding hydrogens is 500 g/mol. The number of para-hydroxylation sites is 1. The monoisotopic (exact) mass is 524 g/mol. The molecule has 2 nitrogen and oxygen atoms in total. The van der Waals surface area contributed by atoms with E-state index in [1.165, 1.54) is 23.9 Å². The summed E-state index contributed by atoms with van der Waals surface area (Å²) in [5.74, 6) is 0.462. The number of nitrogens with zero attached hydrogens (tertiary/aromatic N) is 2. The molecule has 1 aliphatic rings. The van der Waals surface area contributed by atoms with Gasteiger partial charge < -0.3 is 4.90 Å². The van der Waals surface area contributed by atoms with Crippen LogP contribution in [0.3, 0.4) is 0 Å². The van der Waals surface area contributed by atoms with Crippen LogP contribution in [0.4, 0.5) is 18.9 Å². The third-order valence-electron chi connectivity index (χ3n) is 5.30. The molecular formula is C26H25Cl2F3N2S. The molecule has 1 heterocycles. The van der Waals surface area contributed by atoms with Crippen molar-refractivity contribution in [1.29, 1.82) is 0 Å². The maximum absolute atomic E-state index is 13.0. The minimum Gasteiger partial charge on any atom is -0.372 e. The Morgan fingerprint density at radius 2 is 1.68 bits per heavy atom. The van der Waals surface area contributed by atoms with Crippen LogP contribution < -0.4 is 4.90 Å². The summed E-state index contributed by atoms with van der Waals surface area (Å²) in [7, 11) is 2.07. The van der Waals surface area contributed by atoms with Crippen LogP contribution in [0.1, 0.15) is 22.3 Å². The summed E-state index contributed by atoms with van der Waals surface area (Å²) in [5, 5.41) is 0. The van der Waals surface area contributed by atoms with Crippen LogP contribution in [-0.2, 0) is 11.9 Å². The molecule has 0 aliphatic carbocycles. The van der Waals surface area contributed by atoms with E-state index in [9.17, 15) is 13.2 Å². The SMILES string of the molecule is CN1CCN=C(C=Cc2ccccc2SCc2cccc(C(F)(F)F)c2)c2ccccc21.Cl.Cl. The number of allylic oxidation sites excluding steroid dienone is 1. The van der Waals surface area contributed by atoms with Gasteiger partial charge in [0.05, 0.1) is 17.8 Å². The van der Waals surface area contributed by atoms with Gasteiger partial charge in [-0.1, -0.05) is 60.7 Å². The Bertz CT molecular complexity index is 1160. The normalized spacial score (nSPS) is 13.4. The summed E-state index contributed by atoms with van der Waals surface area (Å²) in [6.07, 6.45) is -0.262. The van der Waals surface area contributed by atoms with Crippen LogP contribution in [0.5, 0.6) is 0 Å². The fraction of sp³-hybridized carbons (Fsp3) is 0.192. The smallest absolute Gasteiger partial charge is 0.372 e. The Balaban J connectivity index is 0.00000204. The van der Waals surface area contributed by atoms with Crippen LogP contribution in [0.25, 0.3) is 6.08 Å². The van der Waals surface area contributed by atoms with E-state index in [2.05, 4.69) is 24.1 Å². The summed E-state index contributed by atoms with van der Waals surface area (Å²) >= 11 is 1.53. The van der Waals surface area contributed by atoms with Gasteiger partial charge in [-0.3, -0.25) is 4.99 Å². The van der Waals surface area contributed by atoms with Crippen LogP contribution in [0, 0.1) is 0 Å². The predicted octanol–water partition coefficient (Wildman–Crippen LogP) is 7.79. The first-order chi connectivity index (χ1) is 15.4. The molecule has 180 valence electrons. The van der Waals surface area contributed by atoms with Gasteiger partial charge in [0.25, 0.3) is 0 Å². The summed E-state index contributed by atoms with van der Waals surface area (Å²) in [6.45, 7) is 1.58. The lowest BCUT2D eigenvalue weighted by Crippen LogP contribution is -2.20. The highest BCUT2D eigenvalue weighted by Gasteiger charge is 2.30. The highest BCUT2D eigenvalue weighted by atomic mass is 35.5. The van der Waals surface area contributed by atoms with Crippen LogP contribution in [-0.4, -0.2) is 25.8 Å². The number of benzodiazepines with no additional fused rings is 1. The second-order valence-corrected chi connectivity index (χ2v) is 8.58. The lowest BCUT2D eigenvalue weighted by Gasteiger charge is -2.18. The molecule has 3 aromatic rings. The number of fused-ring (bicyclic) bond motifs is 1. The molecule has 8 heteroatoms. The number of rotatable bonds is 5. The molecule has 0 bridgehead atoms. The predicted molar refractivity (Wildman–Crippen MR) is 142 cm³/mol. The number of hydrogen-bond donors (Lipinski definition) is 0. The number of anilines is 1. The number of alkyl halides is 3. The number of aliphatic imine (C=N–C) groups is 1. The van der Waals surface area contributed by atoms with Gasteiger partial charge in [0.1, 0.15) is 0 Å². The third-order valence-corrected chi connectivity index (χ3v) is 6.46. The van der Waals surface area contributed by atoms with Gasteiger partial charge in [-0.05, 0) is 35.4 Å². The average Bonchev–Trinajstić information content (AvgIpc) is 2.95. The zero-order valence-electron chi connectivity index (χ0n) is 18.5. The first-order valence-corrected chi connectivity index (χ1v) is 11.3. The van der Waals surface area contributed by atoms with Crippen molar-refractivity contribution in [2.75, 3.05) is 25.0 Å². The molecule has 0 saturated heterocycles. The molecule has 0 fully saturated rings. The van der Waals surface area contributed by atoms with Gasteiger partial charge in [0.2, 0.25) is 0 Å². The molecule has 0 unspecified atom stereocenters. The van der Waals surface area contributed by atoms with Crippen molar-refractivity contribution in [3.05, 3.63) is 101 Å². The summed E-state index contributed by atoms with van der Waals surface area (Å²) in [5.41, 5.74) is 4.23. The Kier molecular flexibility index (Phi) is 10.1. The van der Waals surface area contributed by atoms with Gasteiger partial charge in [0, 0.05) is 35.5 Å². The lowest BCUT2D eigenvalue weighted by molar-refractivity contribution is -0.137. The Morgan fingerprint density at radius 3 is 2.47 bits per heavy atom. The molecule has 1 aliphatic heterocycles. The van der Waals surface area contributed by atoms with Crippen molar-refractivity contribution >= 4 is 54.1 Å². The van der Waals surface area contributed by atoms with E-state index < -0.39 is 11.7 Å². The van der Waals surface area contributed by atoms with E-state index in [1.807, 2.05) is 48.6 Å². The van der Waals surface area contributed by atoms with E-state index >= 15 is 0 Å². The summed E-state index contributed by atoms with van der Waals surface area (Å²) in [4.78, 5) is 7.98. The molecule has 4 rings (SSSR count). The molecule has 0 saturated carbocycles. The molecule has 0 aromatic heterocycles. The van der Waals surface area contributed by atoms with Crippen molar-refractivity contribution in [2.45, 2.75) is 16.8 Å². The highest BCUT2D eigenvalue weighted by molar-refractivity contribution is 7.98. The van der Waals surface area contributed by atoms with E-state index in [0.29, 0.717) is 11.3 Å². The van der Waals surface area contributed by atoms with Gasteiger partial charge in [0.15, 0.2) is 0 Å². The maximum Gasteiger partial charge on any atom is 0.416 e. The number of benzene rings is 3. The van der Waals surface area contributed by atoms with Crippen molar-refractivity contribution < 1.29 is 13.2 Å². The Labute approximate surface area is 214 Å². The van der Waals surface area contributed by atoms with E-state index in [4.69, 9.17) is 4.99 Å². The molecule has 3 aromatic carbocycles. The fourth-order valence-electron chi connectivity index (χ4n) is 3.61. The van der Waals surface area contributed by atoms with Gasteiger partial charge >= 0.3 is 6.18 Å². The minimum atomic E-state index is -4.33. The van der Waals surface area contributed by atoms with E-state index in [0.717, 1.165) is 46.6 Å². The van der Waals surface area contributed by atoms with Crippen molar-refractivity contribution in [2.24, 2.45) is 4.99 Å². The maximum atomic E-state index is 13.0. The van der Waals surface area contributed by atoms with Gasteiger partial charge in [-0.25, -0.2) is 0 Å². The highest BCUT2D eigenvalue weighted by Crippen LogP contribution is 2.32. The summed E-state index contributed by atoms with van der Waals surface area (Å²) < 4.78 is 39.0. The zero-order chi connectivity index (χ0) is 22.6. The number of halogens is 5. The van der Waals surface area contributed by atoms with E-state index in [1.54, 1.807) is 6.07 Å². The van der Waals surface area contributed by atoms with Crippen LogP contribution in [0.15, 0.2) is 88.8 Å². The van der Waals surface area contributed by atoms with Crippen molar-refractivity contribution in [3.63, 3.8) is 0 Å². The Hall–Kier alpha value is -2.41. The largest absolute Gasteiger partial charge is 0.416 e. The number of likely N-dealkylation sites (N-methyl/N-ethyl adjacent to an activating group) is 1. The molecule has 0 spiro atoms.